The number of rotatable bonds is 2. The van der Waals surface area contributed by atoms with Crippen LogP contribution in [0.15, 0.2) is 23.7 Å². The molecule has 1 amide bonds. The van der Waals surface area contributed by atoms with E-state index in [9.17, 15) is 4.79 Å². The fourth-order valence-corrected chi connectivity index (χ4v) is 4.64. The fourth-order valence-electron chi connectivity index (χ4n) is 2.76. The van der Waals surface area contributed by atoms with E-state index in [0.29, 0.717) is 16.6 Å². The first-order valence-corrected chi connectivity index (χ1v) is 9.02. The lowest BCUT2D eigenvalue weighted by molar-refractivity contribution is 0.102. The third-order valence-electron chi connectivity index (χ3n) is 4.00. The van der Waals surface area contributed by atoms with E-state index in [4.69, 9.17) is 0 Å². The van der Waals surface area contributed by atoms with Gasteiger partial charge in [-0.25, -0.2) is 9.97 Å². The SMILES string of the molecule is C[C@@H]1CCc2nc(NC(=O)c3ccc4ncsc4c3)sc2C1. The van der Waals surface area contributed by atoms with Crippen LogP contribution in [0.3, 0.4) is 0 Å². The maximum atomic E-state index is 12.4. The number of nitrogens with zero attached hydrogens (tertiary/aromatic N) is 2. The lowest BCUT2D eigenvalue weighted by atomic mass is 9.93. The Hall–Kier alpha value is -1.79. The molecule has 0 fully saturated rings. The molecule has 3 aromatic rings. The van der Waals surface area contributed by atoms with E-state index in [0.717, 1.165) is 28.8 Å². The number of hydrogen-bond acceptors (Lipinski definition) is 5. The summed E-state index contributed by atoms with van der Waals surface area (Å²) in [4.78, 5) is 22.5. The van der Waals surface area contributed by atoms with E-state index in [-0.39, 0.29) is 5.91 Å². The number of hydrogen-bond donors (Lipinski definition) is 1. The number of anilines is 1. The second kappa shape index (κ2) is 5.44. The highest BCUT2D eigenvalue weighted by molar-refractivity contribution is 7.16. The van der Waals surface area contributed by atoms with E-state index in [2.05, 4.69) is 22.2 Å². The number of carbonyl (C=O) groups excluding carboxylic acids is 1. The van der Waals surface area contributed by atoms with Crippen LogP contribution in [0.25, 0.3) is 10.2 Å². The molecule has 4 nitrogen and oxygen atoms in total. The average molecular weight is 329 g/mol. The standard InChI is InChI=1S/C16H15N3OS2/c1-9-2-4-12-14(6-9)22-16(18-12)19-15(20)10-3-5-11-13(7-10)21-8-17-11/h3,5,7-9H,2,4,6H2,1H3,(H,18,19,20)/t9-/m1/s1. The van der Waals surface area contributed by atoms with E-state index >= 15 is 0 Å². The number of nitrogens with one attached hydrogen (secondary N) is 1. The molecule has 0 bridgehead atoms. The molecule has 2 heterocycles. The van der Waals surface area contributed by atoms with Gasteiger partial charge in [-0.3, -0.25) is 10.1 Å². The summed E-state index contributed by atoms with van der Waals surface area (Å²) in [6.07, 6.45) is 3.29. The van der Waals surface area contributed by atoms with Gasteiger partial charge in [-0.05, 0) is 43.4 Å². The van der Waals surface area contributed by atoms with Gasteiger partial charge in [0.05, 0.1) is 21.4 Å². The number of benzene rings is 1. The molecule has 4 rings (SSSR count). The second-order valence-corrected chi connectivity index (χ2v) is 7.70. The van der Waals surface area contributed by atoms with Crippen LogP contribution in [-0.2, 0) is 12.8 Å². The molecule has 1 N–H and O–H groups in total. The van der Waals surface area contributed by atoms with Crippen molar-refractivity contribution in [3.8, 4) is 0 Å². The van der Waals surface area contributed by atoms with Gasteiger partial charge in [0.15, 0.2) is 5.13 Å². The number of carbonyl (C=O) groups is 1. The normalized spacial score (nSPS) is 17.4. The van der Waals surface area contributed by atoms with Gasteiger partial charge in [-0.2, -0.15) is 0 Å². The smallest absolute Gasteiger partial charge is 0.257 e. The monoisotopic (exact) mass is 329 g/mol. The summed E-state index contributed by atoms with van der Waals surface area (Å²) in [6, 6.07) is 5.58. The van der Waals surface area contributed by atoms with Crippen molar-refractivity contribution >= 4 is 43.9 Å². The molecule has 0 aliphatic heterocycles. The molecule has 22 heavy (non-hydrogen) atoms. The van der Waals surface area contributed by atoms with Crippen molar-refractivity contribution in [2.75, 3.05) is 5.32 Å². The van der Waals surface area contributed by atoms with Gasteiger partial charge in [0.1, 0.15) is 0 Å². The molecule has 1 aliphatic carbocycles. The highest BCUT2D eigenvalue weighted by Gasteiger charge is 2.20. The minimum absolute atomic E-state index is 0.102. The van der Waals surface area contributed by atoms with Gasteiger partial charge in [-0.1, -0.05) is 6.92 Å². The summed E-state index contributed by atoms with van der Waals surface area (Å²) in [5.41, 5.74) is 4.54. The maximum absolute atomic E-state index is 12.4. The van der Waals surface area contributed by atoms with Crippen LogP contribution in [0.1, 0.15) is 34.3 Å². The molecule has 112 valence electrons. The molecule has 0 saturated carbocycles. The van der Waals surface area contributed by atoms with E-state index in [1.165, 1.54) is 11.3 Å². The number of thiazole rings is 2. The Labute approximate surface area is 136 Å². The van der Waals surface area contributed by atoms with Gasteiger partial charge < -0.3 is 0 Å². The predicted molar refractivity (Wildman–Crippen MR) is 90.9 cm³/mol. The van der Waals surface area contributed by atoms with Crippen molar-refractivity contribution in [1.82, 2.24) is 9.97 Å². The molecule has 1 atom stereocenters. The molecule has 0 radical (unpaired) electrons. The van der Waals surface area contributed by atoms with E-state index in [1.807, 2.05) is 18.2 Å². The number of fused-ring (bicyclic) bond motifs is 2. The molecule has 1 aromatic carbocycles. The molecule has 2 aromatic heterocycles. The van der Waals surface area contributed by atoms with Gasteiger partial charge in [0.2, 0.25) is 0 Å². The van der Waals surface area contributed by atoms with Gasteiger partial charge in [-0.15, -0.1) is 22.7 Å². The summed E-state index contributed by atoms with van der Waals surface area (Å²) < 4.78 is 1.03. The van der Waals surface area contributed by atoms with E-state index < -0.39 is 0 Å². The number of aromatic nitrogens is 2. The zero-order chi connectivity index (χ0) is 15.1. The van der Waals surface area contributed by atoms with Crippen LogP contribution in [0.2, 0.25) is 0 Å². The highest BCUT2D eigenvalue weighted by Crippen LogP contribution is 2.32. The van der Waals surface area contributed by atoms with Crippen LogP contribution in [0.5, 0.6) is 0 Å². The lowest BCUT2D eigenvalue weighted by Crippen LogP contribution is -2.11. The molecule has 0 unspecified atom stereocenters. The Morgan fingerprint density at radius 2 is 2.32 bits per heavy atom. The Morgan fingerprint density at radius 1 is 1.41 bits per heavy atom. The van der Waals surface area contributed by atoms with Crippen molar-refractivity contribution in [3.63, 3.8) is 0 Å². The minimum atomic E-state index is -0.102. The van der Waals surface area contributed by atoms with E-state index in [1.54, 1.807) is 28.2 Å². The number of amides is 1. The topological polar surface area (TPSA) is 54.9 Å². The third kappa shape index (κ3) is 2.53. The minimum Gasteiger partial charge on any atom is -0.298 e. The molecule has 1 aliphatic rings. The largest absolute Gasteiger partial charge is 0.298 e. The van der Waals surface area contributed by atoms with Crippen LogP contribution in [0.4, 0.5) is 5.13 Å². The Morgan fingerprint density at radius 3 is 3.23 bits per heavy atom. The second-order valence-electron chi connectivity index (χ2n) is 5.73. The van der Waals surface area contributed by atoms with Crippen molar-refractivity contribution in [3.05, 3.63) is 39.8 Å². The zero-order valence-electron chi connectivity index (χ0n) is 12.1. The molecule has 6 heteroatoms. The average Bonchev–Trinajstić information content (AvgIpc) is 3.11. The fraction of sp³-hybridized carbons (Fsp3) is 0.312. The quantitative estimate of drug-likeness (QED) is 0.769. The van der Waals surface area contributed by atoms with Crippen LogP contribution >= 0.6 is 22.7 Å². The van der Waals surface area contributed by atoms with Gasteiger partial charge in [0, 0.05) is 10.4 Å². The summed E-state index contributed by atoms with van der Waals surface area (Å²) in [6.45, 7) is 2.27. The van der Waals surface area contributed by atoms with Crippen LogP contribution in [0, 0.1) is 5.92 Å². The Bertz CT molecular complexity index is 852. The van der Waals surface area contributed by atoms with Crippen molar-refractivity contribution in [2.45, 2.75) is 26.2 Å². The zero-order valence-corrected chi connectivity index (χ0v) is 13.8. The molecular weight excluding hydrogens is 314 g/mol. The number of aryl methyl sites for hydroxylation is 1. The van der Waals surface area contributed by atoms with Gasteiger partial charge in [0.25, 0.3) is 5.91 Å². The summed E-state index contributed by atoms with van der Waals surface area (Å²) >= 11 is 3.16. The first-order valence-electron chi connectivity index (χ1n) is 7.32. The maximum Gasteiger partial charge on any atom is 0.257 e. The Kier molecular flexibility index (Phi) is 3.43. The van der Waals surface area contributed by atoms with Crippen LogP contribution < -0.4 is 5.32 Å². The Balaban J connectivity index is 1.56. The summed E-state index contributed by atoms with van der Waals surface area (Å²) in [5, 5.41) is 3.66. The van der Waals surface area contributed by atoms with Crippen molar-refractivity contribution in [1.29, 1.82) is 0 Å². The summed E-state index contributed by atoms with van der Waals surface area (Å²) in [5.74, 6) is 0.611. The first-order chi connectivity index (χ1) is 10.7. The van der Waals surface area contributed by atoms with Crippen molar-refractivity contribution in [2.24, 2.45) is 5.92 Å². The lowest BCUT2D eigenvalue weighted by Gasteiger charge is -2.15. The predicted octanol–water partition coefficient (Wildman–Crippen LogP) is 4.13. The molecule has 0 saturated heterocycles. The van der Waals surface area contributed by atoms with Crippen LogP contribution in [-0.4, -0.2) is 15.9 Å². The molecule has 0 spiro atoms. The van der Waals surface area contributed by atoms with Crippen molar-refractivity contribution < 1.29 is 4.79 Å². The first kappa shape index (κ1) is 13.8. The third-order valence-corrected chi connectivity index (χ3v) is 5.83. The van der Waals surface area contributed by atoms with Gasteiger partial charge >= 0.3 is 0 Å². The highest BCUT2D eigenvalue weighted by atomic mass is 32.1. The molecular formula is C16H15N3OS2. The summed E-state index contributed by atoms with van der Waals surface area (Å²) in [7, 11) is 0.